The second-order valence-electron chi connectivity index (χ2n) is 8.15. The molecule has 1 aliphatic rings. The van der Waals surface area contributed by atoms with Crippen molar-refractivity contribution in [3.05, 3.63) is 88.6 Å². The van der Waals surface area contributed by atoms with E-state index in [0.717, 1.165) is 6.26 Å². The molecule has 1 aromatic heterocycles. The Balaban J connectivity index is 1.61. The number of carbonyl (C=O) groups is 2. The molecule has 5 rings (SSSR count). The lowest BCUT2D eigenvalue weighted by Gasteiger charge is -2.21. The number of sulfone groups is 1. The van der Waals surface area contributed by atoms with E-state index < -0.39 is 15.7 Å². The van der Waals surface area contributed by atoms with Crippen molar-refractivity contribution in [2.45, 2.75) is 11.5 Å². The number of nitrogens with two attached hydrogens (primary N) is 1. The van der Waals surface area contributed by atoms with Crippen LogP contribution in [0.4, 0.5) is 5.69 Å². The molecule has 0 spiro atoms. The van der Waals surface area contributed by atoms with Gasteiger partial charge in [-0.15, -0.1) is 0 Å². The van der Waals surface area contributed by atoms with Crippen LogP contribution in [-0.2, 0) is 16.4 Å². The van der Waals surface area contributed by atoms with Crippen LogP contribution in [-0.4, -0.2) is 36.3 Å². The van der Waals surface area contributed by atoms with E-state index in [0.29, 0.717) is 44.5 Å². The van der Waals surface area contributed by atoms with E-state index in [9.17, 15) is 18.0 Å². The molecule has 0 atom stereocenters. The molecule has 0 saturated heterocycles. The zero-order valence-electron chi connectivity index (χ0n) is 18.9. The Morgan fingerprint density at radius 2 is 1.81 bits per heavy atom. The predicted octanol–water partition coefficient (Wildman–Crippen LogP) is 3.84. The van der Waals surface area contributed by atoms with Gasteiger partial charge in [0.05, 0.1) is 26.9 Å². The maximum Gasteiger partial charge on any atom is 0.269 e. The molecule has 0 saturated carbocycles. The molecule has 0 unspecified atom stereocenters. The molecule has 9 nitrogen and oxygen atoms in total. The quantitative estimate of drug-likeness (QED) is 0.409. The summed E-state index contributed by atoms with van der Waals surface area (Å²) in [6.07, 6.45) is 1.12. The van der Waals surface area contributed by atoms with Gasteiger partial charge in [0, 0.05) is 23.1 Å². The van der Waals surface area contributed by atoms with E-state index in [1.54, 1.807) is 54.6 Å². The predicted molar refractivity (Wildman–Crippen MR) is 134 cm³/mol. The smallest absolute Gasteiger partial charge is 0.269 e. The first kappa shape index (κ1) is 23.6. The second-order valence-corrected chi connectivity index (χ2v) is 10.6. The average Bonchev–Trinajstić information content (AvgIpc) is 3.24. The van der Waals surface area contributed by atoms with Gasteiger partial charge in [0.25, 0.3) is 11.8 Å². The molecule has 36 heavy (non-hydrogen) atoms. The van der Waals surface area contributed by atoms with Gasteiger partial charge >= 0.3 is 0 Å². The van der Waals surface area contributed by atoms with Crippen LogP contribution < -0.4 is 15.8 Å². The van der Waals surface area contributed by atoms with Crippen LogP contribution >= 0.6 is 11.6 Å². The number of hydrogen-bond acceptors (Lipinski definition) is 6. The number of carbonyl (C=O) groups excluding carboxylic acids is 2. The number of nitrogens with one attached hydrogen (secondary N) is 1. The normalized spacial score (nSPS) is 12.3. The summed E-state index contributed by atoms with van der Waals surface area (Å²) in [7, 11) is -3.39. The van der Waals surface area contributed by atoms with Crippen molar-refractivity contribution in [3.63, 3.8) is 0 Å². The van der Waals surface area contributed by atoms with Crippen molar-refractivity contribution in [2.24, 2.45) is 5.73 Å². The Bertz CT molecular complexity index is 1650. The van der Waals surface area contributed by atoms with E-state index in [1.165, 1.54) is 16.8 Å². The first-order valence-electron chi connectivity index (χ1n) is 10.7. The Labute approximate surface area is 211 Å². The molecular weight excluding hydrogens is 504 g/mol. The van der Waals surface area contributed by atoms with Gasteiger partial charge in [0.1, 0.15) is 12.4 Å². The van der Waals surface area contributed by atoms with Gasteiger partial charge in [-0.25, -0.2) is 13.1 Å². The van der Waals surface area contributed by atoms with Crippen molar-refractivity contribution < 1.29 is 22.7 Å². The Hall–Kier alpha value is -4.15. The highest BCUT2D eigenvalue weighted by Gasteiger charge is 2.30. The highest BCUT2D eigenvalue weighted by molar-refractivity contribution is 7.90. The fourth-order valence-electron chi connectivity index (χ4n) is 4.00. The summed E-state index contributed by atoms with van der Waals surface area (Å²) in [5.41, 5.74) is 8.53. The van der Waals surface area contributed by atoms with Crippen LogP contribution in [0.5, 0.6) is 5.75 Å². The van der Waals surface area contributed by atoms with E-state index in [2.05, 4.69) is 10.4 Å². The Morgan fingerprint density at radius 1 is 1.08 bits per heavy atom. The summed E-state index contributed by atoms with van der Waals surface area (Å²) in [5, 5.41) is 7.56. The largest absolute Gasteiger partial charge is 0.488 e. The monoisotopic (exact) mass is 522 g/mol. The Morgan fingerprint density at radius 3 is 2.47 bits per heavy atom. The SMILES string of the molecule is CS(=O)(=O)c1ccc(-n2nc(C(N)=O)c3c2-c2cc(NC(=O)c4ccccc4Cl)ccc2OC3)cc1. The summed E-state index contributed by atoms with van der Waals surface area (Å²) >= 11 is 6.15. The zero-order valence-corrected chi connectivity index (χ0v) is 20.4. The fraction of sp³-hybridized carbons (Fsp3) is 0.0800. The fourth-order valence-corrected chi connectivity index (χ4v) is 4.85. The summed E-state index contributed by atoms with van der Waals surface area (Å²) < 4.78 is 31.1. The van der Waals surface area contributed by atoms with E-state index in [4.69, 9.17) is 22.1 Å². The van der Waals surface area contributed by atoms with Crippen LogP contribution in [0.25, 0.3) is 16.9 Å². The van der Waals surface area contributed by atoms with Crippen LogP contribution in [0.3, 0.4) is 0 Å². The molecule has 3 aromatic carbocycles. The van der Waals surface area contributed by atoms with Gasteiger partial charge < -0.3 is 15.8 Å². The minimum atomic E-state index is -3.39. The average molecular weight is 523 g/mol. The van der Waals surface area contributed by atoms with Crippen molar-refractivity contribution >= 4 is 38.9 Å². The molecule has 0 bridgehead atoms. The minimum Gasteiger partial charge on any atom is -0.488 e. The van der Waals surface area contributed by atoms with Gasteiger partial charge in [0.2, 0.25) is 0 Å². The lowest BCUT2D eigenvalue weighted by atomic mass is 10.0. The molecule has 0 fully saturated rings. The summed E-state index contributed by atoms with van der Waals surface area (Å²) in [5.74, 6) is -0.601. The number of halogens is 1. The number of fused-ring (bicyclic) bond motifs is 3. The second kappa shape index (κ2) is 8.81. The highest BCUT2D eigenvalue weighted by Crippen LogP contribution is 2.41. The molecule has 0 aliphatic carbocycles. The molecule has 1 aliphatic heterocycles. The number of primary amides is 1. The third kappa shape index (κ3) is 4.21. The van der Waals surface area contributed by atoms with Gasteiger partial charge in [-0.2, -0.15) is 5.10 Å². The van der Waals surface area contributed by atoms with Crippen LogP contribution in [0.2, 0.25) is 5.02 Å². The lowest BCUT2D eigenvalue weighted by Crippen LogP contribution is -2.16. The zero-order chi connectivity index (χ0) is 25.6. The number of rotatable bonds is 5. The summed E-state index contributed by atoms with van der Waals surface area (Å²) in [6.45, 7) is 0.0629. The highest BCUT2D eigenvalue weighted by atomic mass is 35.5. The van der Waals surface area contributed by atoms with E-state index >= 15 is 0 Å². The Kier molecular flexibility index (Phi) is 5.77. The first-order chi connectivity index (χ1) is 17.1. The van der Waals surface area contributed by atoms with Gasteiger partial charge in [-0.3, -0.25) is 9.59 Å². The molecule has 2 heterocycles. The van der Waals surface area contributed by atoms with E-state index in [-0.39, 0.29) is 23.1 Å². The van der Waals surface area contributed by atoms with Gasteiger partial charge in [0.15, 0.2) is 15.5 Å². The van der Waals surface area contributed by atoms with Crippen LogP contribution in [0.15, 0.2) is 71.6 Å². The van der Waals surface area contributed by atoms with Crippen molar-refractivity contribution in [1.82, 2.24) is 9.78 Å². The molecule has 0 radical (unpaired) electrons. The van der Waals surface area contributed by atoms with E-state index in [1.807, 2.05) is 0 Å². The maximum atomic E-state index is 12.8. The summed E-state index contributed by atoms with van der Waals surface area (Å²) in [6, 6.07) is 17.9. The molecule has 2 amide bonds. The maximum absolute atomic E-state index is 12.8. The van der Waals surface area contributed by atoms with Crippen LogP contribution in [0.1, 0.15) is 26.4 Å². The molecular formula is C25H19ClN4O5S. The standard InChI is InChI=1S/C25H19ClN4O5S/c1-36(33,34)16-9-7-15(8-10-16)30-23-18-12-14(28-25(32)17-4-2-3-5-20(17)26)6-11-21(18)35-13-19(23)22(29-30)24(27)31/h2-12H,13H2,1H3,(H2,27,31)(H,28,32). The van der Waals surface area contributed by atoms with Crippen molar-refractivity contribution in [1.29, 1.82) is 0 Å². The third-order valence-electron chi connectivity index (χ3n) is 5.71. The minimum absolute atomic E-state index is 0.0355. The van der Waals surface area contributed by atoms with Crippen LogP contribution in [0, 0.1) is 0 Å². The molecule has 182 valence electrons. The van der Waals surface area contributed by atoms with Crippen molar-refractivity contribution in [3.8, 4) is 22.7 Å². The molecule has 11 heteroatoms. The molecule has 4 aromatic rings. The van der Waals surface area contributed by atoms with Gasteiger partial charge in [-0.05, 0) is 54.6 Å². The number of hydrogen-bond donors (Lipinski definition) is 2. The number of amides is 2. The summed E-state index contributed by atoms with van der Waals surface area (Å²) in [4.78, 5) is 25.1. The number of anilines is 1. The number of nitrogens with zero attached hydrogens (tertiary/aromatic N) is 2. The topological polar surface area (TPSA) is 133 Å². The first-order valence-corrected chi connectivity index (χ1v) is 13.0. The third-order valence-corrected chi connectivity index (χ3v) is 7.17. The van der Waals surface area contributed by atoms with Crippen molar-refractivity contribution in [2.75, 3.05) is 11.6 Å². The number of aromatic nitrogens is 2. The number of ether oxygens (including phenoxy) is 1. The van der Waals surface area contributed by atoms with Gasteiger partial charge in [-0.1, -0.05) is 23.7 Å². The molecule has 3 N–H and O–H groups in total. The lowest BCUT2D eigenvalue weighted by molar-refractivity contribution is 0.0990. The number of benzene rings is 3.